The minimum absolute atomic E-state index is 0.797. The average Bonchev–Trinajstić information content (AvgIpc) is 3.22. The van der Waals surface area contributed by atoms with Crippen LogP contribution in [-0.2, 0) is 12.8 Å². The molecule has 0 radical (unpaired) electrons. The van der Waals surface area contributed by atoms with Crippen LogP contribution < -0.4 is 10.2 Å². The van der Waals surface area contributed by atoms with Gasteiger partial charge in [0.15, 0.2) is 5.96 Å². The van der Waals surface area contributed by atoms with Gasteiger partial charge in [0.1, 0.15) is 5.82 Å². The molecular weight excluding hydrogens is 298 g/mol. The summed E-state index contributed by atoms with van der Waals surface area (Å²) in [6.45, 7) is 1.77. The fourth-order valence-electron chi connectivity index (χ4n) is 3.27. The first-order valence-electron chi connectivity index (χ1n) is 8.35. The standard InChI is InChI=1S/C19H21N5/c1-20-19(24-13-11-14-6-2-5-9-17(14)24)21-12-10-18-22-15-7-3-4-8-16(15)23-18/h2-9H,10-13H2,1H3,(H,20,21)(H,22,23). The number of aromatic nitrogens is 2. The lowest BCUT2D eigenvalue weighted by atomic mass is 10.2. The van der Waals surface area contributed by atoms with Gasteiger partial charge in [-0.3, -0.25) is 4.99 Å². The molecule has 0 saturated carbocycles. The van der Waals surface area contributed by atoms with Crippen molar-refractivity contribution in [3.63, 3.8) is 0 Å². The van der Waals surface area contributed by atoms with Crippen LogP contribution >= 0.6 is 0 Å². The summed E-state index contributed by atoms with van der Waals surface area (Å²) in [6.07, 6.45) is 1.91. The highest BCUT2D eigenvalue weighted by Gasteiger charge is 2.22. The van der Waals surface area contributed by atoms with E-state index in [1.807, 2.05) is 25.2 Å². The number of nitrogens with one attached hydrogen (secondary N) is 2. The van der Waals surface area contributed by atoms with Gasteiger partial charge in [0.2, 0.25) is 0 Å². The number of imidazole rings is 1. The van der Waals surface area contributed by atoms with Crippen LogP contribution in [0.1, 0.15) is 11.4 Å². The van der Waals surface area contributed by atoms with E-state index in [0.29, 0.717) is 0 Å². The van der Waals surface area contributed by atoms with Crippen molar-refractivity contribution >= 4 is 22.7 Å². The van der Waals surface area contributed by atoms with Crippen molar-refractivity contribution in [2.24, 2.45) is 4.99 Å². The number of anilines is 1. The quantitative estimate of drug-likeness (QED) is 0.576. The van der Waals surface area contributed by atoms with Gasteiger partial charge in [-0.1, -0.05) is 30.3 Å². The summed E-state index contributed by atoms with van der Waals surface area (Å²) in [5.74, 6) is 1.93. The lowest BCUT2D eigenvalue weighted by Gasteiger charge is -2.22. The number of fused-ring (bicyclic) bond motifs is 2. The summed E-state index contributed by atoms with van der Waals surface area (Å²) in [5.41, 5.74) is 4.75. The highest BCUT2D eigenvalue weighted by atomic mass is 15.3. The van der Waals surface area contributed by atoms with Crippen molar-refractivity contribution in [1.29, 1.82) is 0 Å². The van der Waals surface area contributed by atoms with Gasteiger partial charge in [-0.15, -0.1) is 0 Å². The molecule has 1 aromatic heterocycles. The molecule has 24 heavy (non-hydrogen) atoms. The number of hydrogen-bond donors (Lipinski definition) is 2. The third-order valence-electron chi connectivity index (χ3n) is 4.44. The first kappa shape index (κ1) is 14.8. The molecule has 0 spiro atoms. The number of aromatic amines is 1. The van der Waals surface area contributed by atoms with Crippen LogP contribution in [0.25, 0.3) is 11.0 Å². The van der Waals surface area contributed by atoms with Crippen molar-refractivity contribution in [1.82, 2.24) is 15.3 Å². The zero-order chi connectivity index (χ0) is 16.4. The summed E-state index contributed by atoms with van der Waals surface area (Å²) < 4.78 is 0. The molecule has 1 aliphatic rings. The molecule has 5 heteroatoms. The Bertz CT molecular complexity index is 847. The molecular formula is C19H21N5. The van der Waals surface area contributed by atoms with Crippen molar-refractivity contribution in [3.8, 4) is 0 Å². The van der Waals surface area contributed by atoms with Gasteiger partial charge in [0.05, 0.1) is 11.0 Å². The number of benzene rings is 2. The first-order chi connectivity index (χ1) is 11.8. The van der Waals surface area contributed by atoms with E-state index in [1.54, 1.807) is 0 Å². The van der Waals surface area contributed by atoms with Crippen LogP contribution in [0.5, 0.6) is 0 Å². The van der Waals surface area contributed by atoms with Crippen molar-refractivity contribution in [2.45, 2.75) is 12.8 Å². The lowest BCUT2D eigenvalue weighted by Crippen LogP contribution is -2.41. The molecule has 0 unspecified atom stereocenters. The second kappa shape index (κ2) is 6.35. The SMILES string of the molecule is CN=C(NCCc1nc2ccccc2[nH]1)N1CCc2ccccc21. The minimum Gasteiger partial charge on any atom is -0.356 e. The van der Waals surface area contributed by atoms with Crippen LogP contribution in [0.2, 0.25) is 0 Å². The average molecular weight is 319 g/mol. The molecule has 0 aliphatic carbocycles. The molecule has 0 atom stereocenters. The molecule has 2 heterocycles. The van der Waals surface area contributed by atoms with E-state index in [9.17, 15) is 0 Å². The van der Waals surface area contributed by atoms with Gasteiger partial charge in [-0.2, -0.15) is 0 Å². The van der Waals surface area contributed by atoms with Gasteiger partial charge in [0, 0.05) is 32.2 Å². The topological polar surface area (TPSA) is 56.3 Å². The van der Waals surface area contributed by atoms with Gasteiger partial charge in [-0.05, 0) is 30.2 Å². The van der Waals surface area contributed by atoms with Crippen molar-refractivity contribution in [2.75, 3.05) is 25.0 Å². The second-order valence-corrected chi connectivity index (χ2v) is 5.95. The predicted octanol–water partition coefficient (Wildman–Crippen LogP) is 2.74. The Kier molecular flexibility index (Phi) is 3.91. The number of hydrogen-bond acceptors (Lipinski definition) is 2. The monoisotopic (exact) mass is 319 g/mol. The normalized spacial score (nSPS) is 14.2. The molecule has 2 N–H and O–H groups in total. The molecule has 0 bridgehead atoms. The Hall–Kier alpha value is -2.82. The summed E-state index contributed by atoms with van der Waals surface area (Å²) in [7, 11) is 1.84. The Morgan fingerprint density at radius 1 is 1.21 bits per heavy atom. The molecule has 1 aliphatic heterocycles. The van der Waals surface area contributed by atoms with E-state index < -0.39 is 0 Å². The Morgan fingerprint density at radius 3 is 2.92 bits per heavy atom. The maximum atomic E-state index is 4.62. The van der Waals surface area contributed by atoms with E-state index in [1.165, 1.54) is 11.3 Å². The van der Waals surface area contributed by atoms with Gasteiger partial charge in [0.25, 0.3) is 0 Å². The molecule has 2 aromatic carbocycles. The molecule has 0 fully saturated rings. The molecule has 5 nitrogen and oxygen atoms in total. The van der Waals surface area contributed by atoms with Gasteiger partial charge in [-0.25, -0.2) is 4.98 Å². The van der Waals surface area contributed by atoms with Crippen LogP contribution in [0.4, 0.5) is 5.69 Å². The lowest BCUT2D eigenvalue weighted by molar-refractivity contribution is 0.807. The maximum Gasteiger partial charge on any atom is 0.198 e. The zero-order valence-electron chi connectivity index (χ0n) is 13.8. The number of nitrogens with zero attached hydrogens (tertiary/aromatic N) is 3. The number of H-pyrrole nitrogens is 1. The summed E-state index contributed by atoms with van der Waals surface area (Å²) in [6, 6.07) is 16.7. The predicted molar refractivity (Wildman–Crippen MR) is 98.7 cm³/mol. The Balaban J connectivity index is 1.41. The summed E-state index contributed by atoms with van der Waals surface area (Å²) >= 11 is 0. The van der Waals surface area contributed by atoms with Crippen LogP contribution in [0.3, 0.4) is 0 Å². The highest BCUT2D eigenvalue weighted by Crippen LogP contribution is 2.27. The fraction of sp³-hybridized carbons (Fsp3) is 0.263. The molecule has 0 saturated heterocycles. The molecule has 3 aromatic rings. The Labute approximate surface area is 141 Å². The van der Waals surface area contributed by atoms with Crippen LogP contribution in [-0.4, -0.2) is 36.1 Å². The van der Waals surface area contributed by atoms with E-state index in [0.717, 1.165) is 48.7 Å². The fourth-order valence-corrected chi connectivity index (χ4v) is 3.27. The minimum atomic E-state index is 0.797. The zero-order valence-corrected chi connectivity index (χ0v) is 13.8. The largest absolute Gasteiger partial charge is 0.356 e. The number of aliphatic imine (C=N–C) groups is 1. The van der Waals surface area contributed by atoms with Crippen LogP contribution in [0, 0.1) is 0 Å². The smallest absolute Gasteiger partial charge is 0.198 e. The van der Waals surface area contributed by atoms with Gasteiger partial charge >= 0.3 is 0 Å². The van der Waals surface area contributed by atoms with E-state index in [4.69, 9.17) is 0 Å². The molecule has 4 rings (SSSR count). The summed E-state index contributed by atoms with van der Waals surface area (Å²) in [4.78, 5) is 14.7. The van der Waals surface area contributed by atoms with E-state index >= 15 is 0 Å². The number of rotatable bonds is 3. The first-order valence-corrected chi connectivity index (χ1v) is 8.35. The van der Waals surface area contributed by atoms with E-state index in [2.05, 4.69) is 55.5 Å². The summed E-state index contributed by atoms with van der Waals surface area (Å²) in [5, 5.41) is 3.46. The molecule has 122 valence electrons. The maximum absolute atomic E-state index is 4.62. The molecule has 0 amide bonds. The second-order valence-electron chi connectivity index (χ2n) is 5.95. The highest BCUT2D eigenvalue weighted by molar-refractivity contribution is 5.97. The third-order valence-corrected chi connectivity index (χ3v) is 4.44. The van der Waals surface area contributed by atoms with Crippen molar-refractivity contribution in [3.05, 3.63) is 59.9 Å². The third kappa shape index (κ3) is 2.73. The van der Waals surface area contributed by atoms with Crippen molar-refractivity contribution < 1.29 is 0 Å². The van der Waals surface area contributed by atoms with E-state index in [-0.39, 0.29) is 0 Å². The number of para-hydroxylation sites is 3. The van der Waals surface area contributed by atoms with Gasteiger partial charge < -0.3 is 15.2 Å². The number of guanidine groups is 1. The van der Waals surface area contributed by atoms with Crippen LogP contribution in [0.15, 0.2) is 53.5 Å². The Morgan fingerprint density at radius 2 is 2.04 bits per heavy atom.